The standard InChI is InChI=1S/C13H22F3NO/c14-13(15,16)9-17(10-7-8-10)11-5-3-1-2-4-6-12(11)18/h10-12,18H,1-9H2. The third kappa shape index (κ3) is 4.12. The highest BCUT2D eigenvalue weighted by Gasteiger charge is 2.43. The highest BCUT2D eigenvalue weighted by Crippen LogP contribution is 2.35. The summed E-state index contributed by atoms with van der Waals surface area (Å²) in [5.74, 6) is 0. The average Bonchev–Trinajstić information content (AvgIpc) is 3.04. The molecule has 2 atom stereocenters. The maximum atomic E-state index is 12.6. The summed E-state index contributed by atoms with van der Waals surface area (Å²) in [6.07, 6.45) is 2.32. The third-order valence-electron chi connectivity index (χ3n) is 4.00. The van der Waals surface area contributed by atoms with E-state index in [1.165, 1.54) is 4.90 Å². The van der Waals surface area contributed by atoms with Gasteiger partial charge in [0.05, 0.1) is 12.6 Å². The molecule has 0 radical (unpaired) electrons. The van der Waals surface area contributed by atoms with Crippen LogP contribution in [0.15, 0.2) is 0 Å². The maximum absolute atomic E-state index is 12.6. The number of aliphatic hydroxyl groups excluding tert-OH is 1. The molecule has 1 N–H and O–H groups in total. The lowest BCUT2D eigenvalue weighted by molar-refractivity contribution is -0.158. The van der Waals surface area contributed by atoms with Crippen molar-refractivity contribution in [2.24, 2.45) is 0 Å². The van der Waals surface area contributed by atoms with Crippen LogP contribution in [0.2, 0.25) is 0 Å². The molecule has 2 aliphatic rings. The fourth-order valence-corrected chi connectivity index (χ4v) is 2.96. The summed E-state index contributed by atoms with van der Waals surface area (Å²) in [4.78, 5) is 1.52. The summed E-state index contributed by atoms with van der Waals surface area (Å²) in [7, 11) is 0. The molecule has 2 nitrogen and oxygen atoms in total. The maximum Gasteiger partial charge on any atom is 0.401 e. The van der Waals surface area contributed by atoms with Gasteiger partial charge in [0.2, 0.25) is 0 Å². The van der Waals surface area contributed by atoms with Crippen molar-refractivity contribution in [2.45, 2.75) is 75.7 Å². The van der Waals surface area contributed by atoms with E-state index in [1.54, 1.807) is 0 Å². The molecule has 0 heterocycles. The Labute approximate surface area is 106 Å². The van der Waals surface area contributed by atoms with Crippen LogP contribution in [-0.2, 0) is 0 Å². The predicted molar refractivity (Wildman–Crippen MR) is 63.3 cm³/mol. The van der Waals surface area contributed by atoms with Gasteiger partial charge >= 0.3 is 6.18 Å². The molecule has 2 unspecified atom stereocenters. The third-order valence-corrected chi connectivity index (χ3v) is 4.00. The topological polar surface area (TPSA) is 23.5 Å². The lowest BCUT2D eigenvalue weighted by atomic mass is 9.93. The Hall–Kier alpha value is -0.290. The fourth-order valence-electron chi connectivity index (χ4n) is 2.96. The minimum atomic E-state index is -4.16. The van der Waals surface area contributed by atoms with Gasteiger partial charge in [-0.05, 0) is 25.7 Å². The SMILES string of the molecule is OC1CCCCCCC1N(CC(F)(F)F)C1CC1. The van der Waals surface area contributed by atoms with Gasteiger partial charge in [0.25, 0.3) is 0 Å². The Morgan fingerprint density at radius 1 is 0.944 bits per heavy atom. The van der Waals surface area contributed by atoms with Crippen LogP contribution >= 0.6 is 0 Å². The van der Waals surface area contributed by atoms with E-state index in [4.69, 9.17) is 0 Å². The molecule has 106 valence electrons. The van der Waals surface area contributed by atoms with Gasteiger partial charge in [-0.2, -0.15) is 13.2 Å². The predicted octanol–water partition coefficient (Wildman–Crippen LogP) is 3.10. The molecule has 0 spiro atoms. The number of hydrogen-bond donors (Lipinski definition) is 1. The molecule has 2 saturated carbocycles. The minimum Gasteiger partial charge on any atom is -0.391 e. The first-order valence-electron chi connectivity index (χ1n) is 6.98. The van der Waals surface area contributed by atoms with E-state index < -0.39 is 18.8 Å². The summed E-state index contributed by atoms with van der Waals surface area (Å²) < 4.78 is 37.9. The number of hydrogen-bond acceptors (Lipinski definition) is 2. The zero-order valence-electron chi connectivity index (χ0n) is 10.6. The highest BCUT2D eigenvalue weighted by molar-refractivity contribution is 4.92. The molecule has 0 amide bonds. The van der Waals surface area contributed by atoms with Crippen LogP contribution in [0.5, 0.6) is 0 Å². The van der Waals surface area contributed by atoms with Gasteiger partial charge in [-0.1, -0.05) is 25.7 Å². The highest BCUT2D eigenvalue weighted by atomic mass is 19.4. The van der Waals surface area contributed by atoms with Crippen molar-refractivity contribution >= 4 is 0 Å². The Morgan fingerprint density at radius 2 is 1.56 bits per heavy atom. The Balaban J connectivity index is 2.02. The van der Waals surface area contributed by atoms with E-state index in [-0.39, 0.29) is 12.1 Å². The van der Waals surface area contributed by atoms with Gasteiger partial charge in [0, 0.05) is 12.1 Å². The number of nitrogens with zero attached hydrogens (tertiary/aromatic N) is 1. The number of rotatable bonds is 3. The first-order chi connectivity index (χ1) is 8.47. The van der Waals surface area contributed by atoms with Crippen molar-refractivity contribution in [1.29, 1.82) is 0 Å². The quantitative estimate of drug-likeness (QED) is 0.847. The molecule has 18 heavy (non-hydrogen) atoms. The van der Waals surface area contributed by atoms with Gasteiger partial charge in [0.15, 0.2) is 0 Å². The van der Waals surface area contributed by atoms with Crippen molar-refractivity contribution in [1.82, 2.24) is 4.90 Å². The lowest BCUT2D eigenvalue weighted by Crippen LogP contribution is -2.49. The fraction of sp³-hybridized carbons (Fsp3) is 1.00. The van der Waals surface area contributed by atoms with Crippen molar-refractivity contribution in [3.63, 3.8) is 0 Å². The second-order valence-electron chi connectivity index (χ2n) is 5.64. The number of halogens is 3. The molecule has 0 aliphatic heterocycles. The molecular formula is C13H22F3NO. The second kappa shape index (κ2) is 5.78. The second-order valence-corrected chi connectivity index (χ2v) is 5.64. The van der Waals surface area contributed by atoms with E-state index in [9.17, 15) is 18.3 Å². The Bertz CT molecular complexity index is 265. The molecule has 0 aromatic carbocycles. The van der Waals surface area contributed by atoms with Crippen molar-refractivity contribution in [3.8, 4) is 0 Å². The first kappa shape index (κ1) is 14.1. The summed E-state index contributed by atoms with van der Waals surface area (Å²) >= 11 is 0. The summed E-state index contributed by atoms with van der Waals surface area (Å²) in [6, 6.07) is -0.245. The Morgan fingerprint density at radius 3 is 2.11 bits per heavy atom. The monoisotopic (exact) mass is 265 g/mol. The average molecular weight is 265 g/mol. The molecule has 0 aromatic heterocycles. The van der Waals surface area contributed by atoms with Crippen molar-refractivity contribution < 1.29 is 18.3 Å². The number of alkyl halides is 3. The van der Waals surface area contributed by atoms with Gasteiger partial charge in [-0.3, -0.25) is 4.90 Å². The van der Waals surface area contributed by atoms with Crippen LogP contribution in [-0.4, -0.2) is 40.9 Å². The van der Waals surface area contributed by atoms with Crippen LogP contribution in [0.3, 0.4) is 0 Å². The molecule has 0 bridgehead atoms. The van der Waals surface area contributed by atoms with Crippen LogP contribution in [0.25, 0.3) is 0 Å². The van der Waals surface area contributed by atoms with Crippen molar-refractivity contribution in [3.05, 3.63) is 0 Å². The molecule has 5 heteroatoms. The van der Waals surface area contributed by atoms with E-state index in [0.717, 1.165) is 38.5 Å². The van der Waals surface area contributed by atoms with Crippen LogP contribution in [0.1, 0.15) is 51.4 Å². The molecular weight excluding hydrogens is 243 g/mol. The van der Waals surface area contributed by atoms with Gasteiger partial charge in [-0.15, -0.1) is 0 Å². The lowest BCUT2D eigenvalue weighted by Gasteiger charge is -2.36. The van der Waals surface area contributed by atoms with Gasteiger partial charge in [-0.25, -0.2) is 0 Å². The summed E-state index contributed by atoms with van der Waals surface area (Å²) in [5.41, 5.74) is 0. The van der Waals surface area contributed by atoms with Crippen LogP contribution in [0, 0.1) is 0 Å². The molecule has 2 fully saturated rings. The van der Waals surface area contributed by atoms with E-state index in [0.29, 0.717) is 12.8 Å². The summed E-state index contributed by atoms with van der Waals surface area (Å²) in [6.45, 7) is -0.862. The largest absolute Gasteiger partial charge is 0.401 e. The van der Waals surface area contributed by atoms with E-state index in [2.05, 4.69) is 0 Å². The minimum absolute atomic E-state index is 0.0469. The zero-order valence-corrected chi connectivity index (χ0v) is 10.6. The van der Waals surface area contributed by atoms with Crippen LogP contribution in [0.4, 0.5) is 13.2 Å². The molecule has 0 saturated heterocycles. The normalized spacial score (nSPS) is 31.2. The van der Waals surface area contributed by atoms with E-state index in [1.807, 2.05) is 0 Å². The Kier molecular flexibility index (Phi) is 4.54. The molecule has 2 aliphatic carbocycles. The molecule has 0 aromatic rings. The number of aliphatic hydroxyl groups is 1. The van der Waals surface area contributed by atoms with Crippen LogP contribution < -0.4 is 0 Å². The zero-order chi connectivity index (χ0) is 13.2. The van der Waals surface area contributed by atoms with Crippen molar-refractivity contribution in [2.75, 3.05) is 6.54 Å². The van der Waals surface area contributed by atoms with E-state index >= 15 is 0 Å². The molecule has 2 rings (SSSR count). The van der Waals surface area contributed by atoms with Gasteiger partial charge in [0.1, 0.15) is 0 Å². The smallest absolute Gasteiger partial charge is 0.391 e. The van der Waals surface area contributed by atoms with Gasteiger partial charge < -0.3 is 5.11 Å². The summed E-state index contributed by atoms with van der Waals surface area (Å²) in [5, 5.41) is 10.1. The first-order valence-corrected chi connectivity index (χ1v) is 6.98.